The Balaban J connectivity index is 4.04. The lowest BCUT2D eigenvalue weighted by atomic mass is 10.3. The molecule has 0 amide bonds. The Morgan fingerprint density at radius 1 is 1.56 bits per heavy atom. The van der Waals surface area contributed by atoms with Gasteiger partial charge >= 0.3 is 0 Å². The third kappa shape index (κ3) is 3.21. The molecule has 0 bridgehead atoms. The van der Waals surface area contributed by atoms with Gasteiger partial charge in [0.15, 0.2) is 0 Å². The van der Waals surface area contributed by atoms with Gasteiger partial charge < -0.3 is 0 Å². The van der Waals surface area contributed by atoms with Gasteiger partial charge in [0.2, 0.25) is 0 Å². The van der Waals surface area contributed by atoms with Crippen molar-refractivity contribution in [3.63, 3.8) is 0 Å². The van der Waals surface area contributed by atoms with Crippen LogP contribution in [0.4, 0.5) is 0 Å². The van der Waals surface area contributed by atoms with Gasteiger partial charge in [0.05, 0.1) is 4.91 Å². The molecule has 0 aromatic carbocycles. The van der Waals surface area contributed by atoms with Crippen LogP contribution in [0, 0.1) is 11.3 Å². The summed E-state index contributed by atoms with van der Waals surface area (Å²) in [7, 11) is 0. The van der Waals surface area contributed by atoms with Crippen molar-refractivity contribution < 1.29 is 0 Å². The second-order valence-electron chi connectivity index (χ2n) is 1.87. The van der Waals surface area contributed by atoms with Crippen LogP contribution in [0.2, 0.25) is 0 Å². The Kier molecular flexibility index (Phi) is 4.25. The Labute approximate surface area is 60.8 Å². The molecule has 0 saturated carbocycles. The van der Waals surface area contributed by atoms with Crippen molar-refractivity contribution in [3.05, 3.63) is 10.5 Å². The van der Waals surface area contributed by atoms with Gasteiger partial charge in [-0.15, -0.1) is 11.8 Å². The summed E-state index contributed by atoms with van der Waals surface area (Å²) in [5.41, 5.74) is 1.12. The average molecular weight is 141 g/mol. The predicted octanol–water partition coefficient (Wildman–Crippen LogP) is 2.56. The van der Waals surface area contributed by atoms with Gasteiger partial charge in [-0.25, -0.2) is 0 Å². The molecule has 9 heavy (non-hydrogen) atoms. The highest BCUT2D eigenvalue weighted by Crippen LogP contribution is 2.17. The first-order chi connectivity index (χ1) is 4.22. The van der Waals surface area contributed by atoms with Crippen LogP contribution < -0.4 is 0 Å². The van der Waals surface area contributed by atoms with Crippen molar-refractivity contribution in [3.8, 4) is 6.07 Å². The molecule has 1 nitrogen and oxygen atoms in total. The van der Waals surface area contributed by atoms with Crippen molar-refractivity contribution in [2.24, 2.45) is 0 Å². The molecular weight excluding hydrogens is 130 g/mol. The molecule has 0 saturated heterocycles. The predicted molar refractivity (Wildman–Crippen MR) is 42.1 cm³/mol. The third-order valence-corrected chi connectivity index (χ3v) is 1.92. The van der Waals surface area contributed by atoms with E-state index in [1.165, 1.54) is 0 Å². The minimum atomic E-state index is 0.859. The lowest BCUT2D eigenvalue weighted by molar-refractivity contribution is 1.37. The fraction of sp³-hybridized carbons (Fsp3) is 0.571. The molecule has 0 fully saturated rings. The van der Waals surface area contributed by atoms with E-state index in [1.807, 2.05) is 20.8 Å². The Hall–Kier alpha value is -0.420. The van der Waals surface area contributed by atoms with Gasteiger partial charge in [0.1, 0.15) is 6.07 Å². The van der Waals surface area contributed by atoms with Crippen molar-refractivity contribution in [1.29, 1.82) is 5.26 Å². The van der Waals surface area contributed by atoms with Crippen molar-refractivity contribution >= 4 is 11.8 Å². The molecule has 0 aromatic heterocycles. The average Bonchev–Trinajstić information content (AvgIpc) is 1.82. The SMILES string of the molecule is CCSC(C#N)=C(C)C. The molecule has 0 atom stereocenters. The minimum absolute atomic E-state index is 0.859. The monoisotopic (exact) mass is 141 g/mol. The van der Waals surface area contributed by atoms with Gasteiger partial charge in [-0.3, -0.25) is 0 Å². The van der Waals surface area contributed by atoms with Gasteiger partial charge in [0.25, 0.3) is 0 Å². The summed E-state index contributed by atoms with van der Waals surface area (Å²) >= 11 is 1.60. The zero-order valence-corrected chi connectivity index (χ0v) is 6.88. The maximum absolute atomic E-state index is 8.50. The molecule has 0 aromatic rings. The first-order valence-corrected chi connectivity index (χ1v) is 3.91. The number of allylic oxidation sites excluding steroid dienone is 2. The van der Waals surface area contributed by atoms with Crippen LogP contribution in [0.25, 0.3) is 0 Å². The van der Waals surface area contributed by atoms with E-state index >= 15 is 0 Å². The van der Waals surface area contributed by atoms with Crippen LogP contribution in [-0.4, -0.2) is 5.75 Å². The van der Waals surface area contributed by atoms with Crippen LogP contribution in [0.3, 0.4) is 0 Å². The van der Waals surface area contributed by atoms with E-state index in [0.29, 0.717) is 0 Å². The number of nitrogens with zero attached hydrogens (tertiary/aromatic N) is 1. The fourth-order valence-corrected chi connectivity index (χ4v) is 1.07. The molecule has 2 heteroatoms. The number of hydrogen-bond donors (Lipinski definition) is 0. The zero-order chi connectivity index (χ0) is 7.28. The van der Waals surface area contributed by atoms with Gasteiger partial charge in [0, 0.05) is 0 Å². The molecule has 0 N–H and O–H groups in total. The summed E-state index contributed by atoms with van der Waals surface area (Å²) in [5, 5.41) is 8.50. The number of nitriles is 1. The highest BCUT2D eigenvalue weighted by atomic mass is 32.2. The van der Waals surface area contributed by atoms with E-state index in [4.69, 9.17) is 5.26 Å². The summed E-state index contributed by atoms with van der Waals surface area (Å²) < 4.78 is 0. The van der Waals surface area contributed by atoms with E-state index in [0.717, 1.165) is 16.2 Å². The first-order valence-electron chi connectivity index (χ1n) is 2.92. The Morgan fingerprint density at radius 3 is 2.22 bits per heavy atom. The maximum atomic E-state index is 8.50. The van der Waals surface area contributed by atoms with Crippen molar-refractivity contribution in [2.75, 3.05) is 5.75 Å². The van der Waals surface area contributed by atoms with E-state index < -0.39 is 0 Å². The smallest absolute Gasteiger partial charge is 0.106 e. The summed E-state index contributed by atoms with van der Waals surface area (Å²) in [4.78, 5) is 0.859. The lowest BCUT2D eigenvalue weighted by Crippen LogP contribution is -1.76. The molecule has 50 valence electrons. The first kappa shape index (κ1) is 8.58. The Bertz CT molecular complexity index is 149. The van der Waals surface area contributed by atoms with E-state index in [2.05, 4.69) is 6.07 Å². The van der Waals surface area contributed by atoms with Crippen LogP contribution >= 0.6 is 11.8 Å². The van der Waals surface area contributed by atoms with E-state index in [-0.39, 0.29) is 0 Å². The highest BCUT2D eigenvalue weighted by molar-refractivity contribution is 8.03. The zero-order valence-electron chi connectivity index (χ0n) is 6.06. The van der Waals surface area contributed by atoms with Crippen LogP contribution in [0.1, 0.15) is 20.8 Å². The Morgan fingerprint density at radius 2 is 2.11 bits per heavy atom. The largest absolute Gasteiger partial charge is 0.192 e. The number of hydrogen-bond acceptors (Lipinski definition) is 2. The number of thioether (sulfide) groups is 1. The molecule has 0 radical (unpaired) electrons. The maximum Gasteiger partial charge on any atom is 0.106 e. The summed E-state index contributed by atoms with van der Waals surface area (Å²) in [6, 6.07) is 2.14. The van der Waals surface area contributed by atoms with Crippen LogP contribution in [0.5, 0.6) is 0 Å². The fourth-order valence-electron chi connectivity index (χ4n) is 0.433. The molecule has 0 rings (SSSR count). The molecular formula is C7H11NS. The minimum Gasteiger partial charge on any atom is -0.192 e. The molecule has 0 aliphatic rings. The molecule has 0 aliphatic carbocycles. The second-order valence-corrected chi connectivity index (χ2v) is 3.15. The van der Waals surface area contributed by atoms with Crippen LogP contribution in [0.15, 0.2) is 10.5 Å². The topological polar surface area (TPSA) is 23.8 Å². The van der Waals surface area contributed by atoms with Crippen LogP contribution in [-0.2, 0) is 0 Å². The molecule has 0 unspecified atom stereocenters. The summed E-state index contributed by atoms with van der Waals surface area (Å²) in [6.45, 7) is 5.97. The quantitative estimate of drug-likeness (QED) is 0.552. The van der Waals surface area contributed by atoms with Gasteiger partial charge in [-0.2, -0.15) is 5.26 Å². The second kappa shape index (κ2) is 4.46. The highest BCUT2D eigenvalue weighted by Gasteiger charge is 1.94. The molecule has 0 aliphatic heterocycles. The standard InChI is InChI=1S/C7H11NS/c1-4-9-7(5-8)6(2)3/h4H2,1-3H3. The number of rotatable bonds is 2. The molecule has 0 spiro atoms. The lowest BCUT2D eigenvalue weighted by Gasteiger charge is -1.94. The summed E-state index contributed by atoms with van der Waals surface area (Å²) in [6.07, 6.45) is 0. The van der Waals surface area contributed by atoms with Gasteiger partial charge in [-0.05, 0) is 19.6 Å². The van der Waals surface area contributed by atoms with Gasteiger partial charge in [-0.1, -0.05) is 12.5 Å². The van der Waals surface area contributed by atoms with E-state index in [9.17, 15) is 0 Å². The van der Waals surface area contributed by atoms with Crippen molar-refractivity contribution in [1.82, 2.24) is 0 Å². The van der Waals surface area contributed by atoms with Crippen molar-refractivity contribution in [2.45, 2.75) is 20.8 Å². The third-order valence-electron chi connectivity index (χ3n) is 0.844. The normalized spacial score (nSPS) is 8.22. The molecule has 0 heterocycles. The summed E-state index contributed by atoms with van der Waals surface area (Å²) in [5.74, 6) is 0.980. The van der Waals surface area contributed by atoms with E-state index in [1.54, 1.807) is 11.8 Å².